The molecule has 2 atom stereocenters. The number of anilines is 1. The lowest BCUT2D eigenvalue weighted by Crippen LogP contribution is -2.51. The number of carbonyl (C=O) groups excluding carboxylic acids is 1. The first-order valence-corrected chi connectivity index (χ1v) is 7.35. The highest BCUT2D eigenvalue weighted by Gasteiger charge is 2.37. The Hall–Kier alpha value is -1.36. The monoisotopic (exact) mass is 278 g/mol. The molecular weight excluding hydrogens is 252 g/mol. The summed E-state index contributed by atoms with van der Waals surface area (Å²) in [4.78, 5) is 12.4. The molecule has 1 heterocycles. The van der Waals surface area contributed by atoms with E-state index in [0.29, 0.717) is 0 Å². The van der Waals surface area contributed by atoms with E-state index in [9.17, 15) is 4.79 Å². The van der Waals surface area contributed by atoms with E-state index in [1.54, 1.807) is 6.20 Å². The topological polar surface area (TPSA) is 72.9 Å². The summed E-state index contributed by atoms with van der Waals surface area (Å²) < 4.78 is 1.85. The summed E-state index contributed by atoms with van der Waals surface area (Å²) in [6.07, 6.45) is 7.53. The minimum atomic E-state index is -0.400. The van der Waals surface area contributed by atoms with Gasteiger partial charge < -0.3 is 11.1 Å². The lowest BCUT2D eigenvalue weighted by molar-refractivity contribution is -0.122. The van der Waals surface area contributed by atoms with Crippen LogP contribution in [0.15, 0.2) is 12.4 Å². The molecule has 2 rings (SSSR count). The maximum atomic E-state index is 12.4. The van der Waals surface area contributed by atoms with Crippen molar-refractivity contribution in [2.24, 2.45) is 11.7 Å². The quantitative estimate of drug-likeness (QED) is 0.873. The Kier molecular flexibility index (Phi) is 3.91. The van der Waals surface area contributed by atoms with Gasteiger partial charge in [-0.3, -0.25) is 9.48 Å². The van der Waals surface area contributed by atoms with Crippen LogP contribution in [0.5, 0.6) is 0 Å². The van der Waals surface area contributed by atoms with Crippen LogP contribution in [0, 0.1) is 5.92 Å². The van der Waals surface area contributed by atoms with Crippen molar-refractivity contribution in [3.8, 4) is 0 Å². The number of aromatic nitrogens is 2. The number of rotatable bonds is 2. The smallest absolute Gasteiger partial charge is 0.229 e. The molecule has 1 aromatic heterocycles. The van der Waals surface area contributed by atoms with Crippen molar-refractivity contribution in [3.63, 3.8) is 0 Å². The fourth-order valence-electron chi connectivity index (χ4n) is 2.77. The van der Waals surface area contributed by atoms with Crippen LogP contribution in [0.2, 0.25) is 0 Å². The van der Waals surface area contributed by atoms with Gasteiger partial charge in [0.2, 0.25) is 5.91 Å². The van der Waals surface area contributed by atoms with E-state index in [1.807, 2.05) is 17.8 Å². The summed E-state index contributed by atoms with van der Waals surface area (Å²) in [5, 5.41) is 7.25. The van der Waals surface area contributed by atoms with Gasteiger partial charge in [-0.05, 0) is 40.5 Å². The molecule has 20 heavy (non-hydrogen) atoms. The fourth-order valence-corrected chi connectivity index (χ4v) is 2.77. The first kappa shape index (κ1) is 15.0. The summed E-state index contributed by atoms with van der Waals surface area (Å²) in [5.41, 5.74) is 6.52. The lowest BCUT2D eigenvalue weighted by atomic mass is 9.74. The Morgan fingerprint density at radius 3 is 2.75 bits per heavy atom. The third kappa shape index (κ3) is 3.20. The summed E-state index contributed by atoms with van der Waals surface area (Å²) in [7, 11) is 0. The fraction of sp³-hybridized carbons (Fsp3) is 0.733. The predicted octanol–water partition coefficient (Wildman–Crippen LogP) is 2.48. The molecular formula is C15H26N4O. The minimum absolute atomic E-state index is 0.0168. The van der Waals surface area contributed by atoms with Crippen molar-refractivity contribution in [1.82, 2.24) is 9.78 Å². The van der Waals surface area contributed by atoms with Crippen molar-refractivity contribution in [2.75, 3.05) is 5.32 Å². The van der Waals surface area contributed by atoms with Crippen LogP contribution in [-0.4, -0.2) is 21.2 Å². The molecule has 1 fully saturated rings. The molecule has 112 valence electrons. The highest BCUT2D eigenvalue weighted by Crippen LogP contribution is 2.32. The largest absolute Gasteiger partial charge is 0.325 e. The van der Waals surface area contributed by atoms with E-state index in [2.05, 4.69) is 31.2 Å². The maximum absolute atomic E-state index is 12.4. The summed E-state index contributed by atoms with van der Waals surface area (Å²) >= 11 is 0. The van der Waals surface area contributed by atoms with Gasteiger partial charge in [-0.15, -0.1) is 0 Å². The molecule has 1 aromatic rings. The van der Waals surface area contributed by atoms with Crippen molar-refractivity contribution < 1.29 is 4.79 Å². The van der Waals surface area contributed by atoms with Crippen LogP contribution in [0.4, 0.5) is 5.69 Å². The van der Waals surface area contributed by atoms with Crippen molar-refractivity contribution in [2.45, 2.75) is 64.5 Å². The molecule has 0 radical (unpaired) electrons. The second-order valence-electron chi connectivity index (χ2n) is 7.14. The molecule has 0 aromatic carbocycles. The molecule has 5 heteroatoms. The molecule has 5 nitrogen and oxygen atoms in total. The number of nitrogens with one attached hydrogen (secondary N) is 1. The van der Waals surface area contributed by atoms with Crippen LogP contribution >= 0.6 is 0 Å². The predicted molar refractivity (Wildman–Crippen MR) is 80.4 cm³/mol. The van der Waals surface area contributed by atoms with Gasteiger partial charge in [0.15, 0.2) is 0 Å². The number of hydrogen-bond donors (Lipinski definition) is 2. The normalized spacial score (nSPS) is 27.4. The molecule has 0 aliphatic heterocycles. The van der Waals surface area contributed by atoms with E-state index in [-0.39, 0.29) is 17.4 Å². The van der Waals surface area contributed by atoms with Crippen LogP contribution in [0.3, 0.4) is 0 Å². The van der Waals surface area contributed by atoms with Gasteiger partial charge in [-0.25, -0.2) is 0 Å². The molecule has 0 bridgehead atoms. The van der Waals surface area contributed by atoms with E-state index >= 15 is 0 Å². The highest BCUT2D eigenvalue weighted by molar-refractivity contribution is 5.93. The second-order valence-corrected chi connectivity index (χ2v) is 7.14. The van der Waals surface area contributed by atoms with Gasteiger partial charge in [0.05, 0.1) is 23.3 Å². The molecule has 0 spiro atoms. The molecule has 3 N–H and O–H groups in total. The molecule has 1 aliphatic carbocycles. The number of nitrogens with two attached hydrogens (primary N) is 1. The van der Waals surface area contributed by atoms with Gasteiger partial charge in [-0.2, -0.15) is 5.10 Å². The molecule has 1 amide bonds. The average molecular weight is 278 g/mol. The standard InChI is InChI=1S/C15H26N4O/c1-14(2,3)19-10-11(9-17-19)18-13(20)12-7-5-6-8-15(12,4)16/h9-10,12H,5-8,16H2,1-4H3,(H,18,20). The highest BCUT2D eigenvalue weighted by atomic mass is 16.2. The van der Waals surface area contributed by atoms with Gasteiger partial charge in [0, 0.05) is 11.7 Å². The number of hydrogen-bond acceptors (Lipinski definition) is 3. The van der Waals surface area contributed by atoms with Crippen LogP contribution in [0.1, 0.15) is 53.4 Å². The first-order chi connectivity index (χ1) is 9.20. The second kappa shape index (κ2) is 5.20. The Labute approximate surface area is 120 Å². The third-order valence-corrected chi connectivity index (χ3v) is 4.11. The number of amides is 1. The van der Waals surface area contributed by atoms with E-state index in [4.69, 9.17) is 5.73 Å². The molecule has 1 aliphatic rings. The zero-order chi connectivity index (χ0) is 15.0. The Morgan fingerprint density at radius 2 is 2.20 bits per heavy atom. The SMILES string of the molecule is CC1(N)CCCCC1C(=O)Nc1cnn(C(C)(C)C)c1. The van der Waals surface area contributed by atoms with E-state index in [0.717, 1.165) is 31.4 Å². The first-order valence-electron chi connectivity index (χ1n) is 7.35. The average Bonchev–Trinajstić information content (AvgIpc) is 2.76. The van der Waals surface area contributed by atoms with Gasteiger partial charge >= 0.3 is 0 Å². The number of nitrogens with zero attached hydrogens (tertiary/aromatic N) is 2. The minimum Gasteiger partial charge on any atom is -0.325 e. The maximum Gasteiger partial charge on any atom is 0.229 e. The van der Waals surface area contributed by atoms with Crippen molar-refractivity contribution in [3.05, 3.63) is 12.4 Å². The van der Waals surface area contributed by atoms with Crippen molar-refractivity contribution in [1.29, 1.82) is 0 Å². The van der Waals surface area contributed by atoms with Crippen LogP contribution in [0.25, 0.3) is 0 Å². The van der Waals surface area contributed by atoms with Gasteiger partial charge in [0.25, 0.3) is 0 Å². The van der Waals surface area contributed by atoms with Crippen LogP contribution in [-0.2, 0) is 10.3 Å². The number of carbonyl (C=O) groups is 1. The van der Waals surface area contributed by atoms with E-state index < -0.39 is 5.54 Å². The molecule has 0 saturated heterocycles. The van der Waals surface area contributed by atoms with Crippen LogP contribution < -0.4 is 11.1 Å². The zero-order valence-electron chi connectivity index (χ0n) is 12.9. The van der Waals surface area contributed by atoms with Gasteiger partial charge in [0.1, 0.15) is 0 Å². The lowest BCUT2D eigenvalue weighted by Gasteiger charge is -2.37. The summed E-state index contributed by atoms with van der Waals surface area (Å²) in [5.74, 6) is -0.0996. The summed E-state index contributed by atoms with van der Waals surface area (Å²) in [6, 6.07) is 0. The third-order valence-electron chi connectivity index (χ3n) is 4.11. The van der Waals surface area contributed by atoms with Gasteiger partial charge in [-0.1, -0.05) is 12.8 Å². The summed E-state index contributed by atoms with van der Waals surface area (Å²) in [6.45, 7) is 8.20. The molecule has 1 saturated carbocycles. The van der Waals surface area contributed by atoms with Crippen molar-refractivity contribution >= 4 is 11.6 Å². The van der Waals surface area contributed by atoms with E-state index in [1.165, 1.54) is 0 Å². The molecule has 2 unspecified atom stereocenters. The zero-order valence-corrected chi connectivity index (χ0v) is 12.9. The Balaban J connectivity index is 2.06. The Morgan fingerprint density at radius 1 is 1.50 bits per heavy atom. The Bertz CT molecular complexity index is 484.